The van der Waals surface area contributed by atoms with Crippen LogP contribution in [0.4, 0.5) is 0 Å². The van der Waals surface area contributed by atoms with Crippen molar-refractivity contribution in [3.8, 4) is 0 Å². The van der Waals surface area contributed by atoms with E-state index in [0.717, 1.165) is 38.8 Å². The summed E-state index contributed by atoms with van der Waals surface area (Å²) in [7, 11) is 0. The molecule has 1 fully saturated rings. The van der Waals surface area contributed by atoms with Crippen molar-refractivity contribution in [1.82, 2.24) is 10.2 Å². The smallest absolute Gasteiger partial charge is 0.0477 e. The first kappa shape index (κ1) is 15.9. The summed E-state index contributed by atoms with van der Waals surface area (Å²) in [4.78, 5) is 2.71. The third-order valence-electron chi connectivity index (χ3n) is 3.64. The Morgan fingerprint density at radius 1 is 1.28 bits per heavy atom. The van der Waals surface area contributed by atoms with Crippen LogP contribution in [0, 0.1) is 0 Å². The molecular weight excluding hydrogens is 224 g/mol. The third kappa shape index (κ3) is 6.72. The van der Waals surface area contributed by atoms with E-state index in [0.29, 0.717) is 6.04 Å². The molecule has 1 aliphatic carbocycles. The van der Waals surface area contributed by atoms with Gasteiger partial charge in [0, 0.05) is 31.8 Å². The molecule has 0 aliphatic heterocycles. The molecule has 108 valence electrons. The summed E-state index contributed by atoms with van der Waals surface area (Å²) in [6.45, 7) is 11.9. The summed E-state index contributed by atoms with van der Waals surface area (Å²) in [5.41, 5.74) is 0. The Labute approximate surface area is 113 Å². The number of nitrogens with one attached hydrogen (secondary N) is 1. The maximum atomic E-state index is 5.34. The molecule has 0 spiro atoms. The quantitative estimate of drug-likeness (QED) is 0.543. The Morgan fingerprint density at radius 2 is 2.06 bits per heavy atom. The predicted octanol–water partition coefficient (Wildman–Crippen LogP) is 2.66. The number of rotatable bonds is 12. The zero-order valence-electron chi connectivity index (χ0n) is 12.6. The minimum absolute atomic E-state index is 0.677. The van der Waals surface area contributed by atoms with Gasteiger partial charge in [0.2, 0.25) is 0 Å². The molecule has 0 aromatic carbocycles. The lowest BCUT2D eigenvalue weighted by Crippen LogP contribution is -2.42. The molecule has 0 aromatic heterocycles. The van der Waals surface area contributed by atoms with E-state index in [9.17, 15) is 0 Å². The molecule has 1 aliphatic rings. The molecule has 0 radical (unpaired) electrons. The van der Waals surface area contributed by atoms with Gasteiger partial charge in [0.1, 0.15) is 0 Å². The Balaban J connectivity index is 2.06. The SMILES string of the molecule is CCCCN(C(C)CNCCCOCC)C1CC1. The van der Waals surface area contributed by atoms with Crippen molar-refractivity contribution < 1.29 is 4.74 Å². The second-order valence-electron chi connectivity index (χ2n) is 5.43. The van der Waals surface area contributed by atoms with Crippen LogP contribution < -0.4 is 5.32 Å². The minimum atomic E-state index is 0.677. The first-order valence-electron chi connectivity index (χ1n) is 7.83. The number of ether oxygens (including phenoxy) is 1. The van der Waals surface area contributed by atoms with Gasteiger partial charge in [-0.2, -0.15) is 0 Å². The van der Waals surface area contributed by atoms with Gasteiger partial charge in [0.05, 0.1) is 0 Å². The molecule has 0 heterocycles. The van der Waals surface area contributed by atoms with E-state index in [2.05, 4.69) is 31.0 Å². The van der Waals surface area contributed by atoms with Gasteiger partial charge in [-0.15, -0.1) is 0 Å². The van der Waals surface area contributed by atoms with Crippen LogP contribution in [-0.2, 0) is 4.74 Å². The monoisotopic (exact) mass is 256 g/mol. The van der Waals surface area contributed by atoms with Crippen LogP contribution in [0.2, 0.25) is 0 Å². The number of unbranched alkanes of at least 4 members (excludes halogenated alkanes) is 1. The molecule has 0 aromatic rings. The molecule has 1 unspecified atom stereocenters. The third-order valence-corrected chi connectivity index (χ3v) is 3.64. The largest absolute Gasteiger partial charge is 0.382 e. The fourth-order valence-corrected chi connectivity index (χ4v) is 2.38. The van der Waals surface area contributed by atoms with E-state index in [1.54, 1.807) is 0 Å². The second-order valence-corrected chi connectivity index (χ2v) is 5.43. The molecule has 0 bridgehead atoms. The average molecular weight is 256 g/mol. The van der Waals surface area contributed by atoms with E-state index >= 15 is 0 Å². The Kier molecular flexibility index (Phi) is 8.64. The maximum absolute atomic E-state index is 5.34. The van der Waals surface area contributed by atoms with Crippen LogP contribution in [0.5, 0.6) is 0 Å². The van der Waals surface area contributed by atoms with Gasteiger partial charge >= 0.3 is 0 Å². The molecule has 1 N–H and O–H groups in total. The summed E-state index contributed by atoms with van der Waals surface area (Å²) in [5, 5.41) is 3.56. The standard InChI is InChI=1S/C15H32N2O/c1-4-6-11-17(15-8-9-15)14(3)13-16-10-7-12-18-5-2/h14-16H,4-13H2,1-3H3. The second kappa shape index (κ2) is 9.76. The van der Waals surface area contributed by atoms with Crippen molar-refractivity contribution in [2.75, 3.05) is 32.8 Å². The summed E-state index contributed by atoms with van der Waals surface area (Å²) in [5.74, 6) is 0. The van der Waals surface area contributed by atoms with Crippen molar-refractivity contribution in [3.05, 3.63) is 0 Å². The van der Waals surface area contributed by atoms with Crippen LogP contribution in [0.3, 0.4) is 0 Å². The van der Waals surface area contributed by atoms with Crippen molar-refractivity contribution in [1.29, 1.82) is 0 Å². The number of hydrogen-bond donors (Lipinski definition) is 1. The first-order valence-corrected chi connectivity index (χ1v) is 7.83. The summed E-state index contributed by atoms with van der Waals surface area (Å²) in [6, 6.07) is 1.56. The molecule has 0 amide bonds. The van der Waals surface area contributed by atoms with Gasteiger partial charge in [0.25, 0.3) is 0 Å². The Bertz CT molecular complexity index is 195. The van der Waals surface area contributed by atoms with Crippen molar-refractivity contribution in [3.63, 3.8) is 0 Å². The van der Waals surface area contributed by atoms with E-state index in [1.165, 1.54) is 32.2 Å². The van der Waals surface area contributed by atoms with Gasteiger partial charge in [0.15, 0.2) is 0 Å². The van der Waals surface area contributed by atoms with Crippen molar-refractivity contribution in [2.24, 2.45) is 0 Å². The van der Waals surface area contributed by atoms with Crippen LogP contribution in [0.25, 0.3) is 0 Å². The minimum Gasteiger partial charge on any atom is -0.382 e. The van der Waals surface area contributed by atoms with Crippen molar-refractivity contribution >= 4 is 0 Å². The Hall–Kier alpha value is -0.120. The maximum Gasteiger partial charge on any atom is 0.0477 e. The molecule has 1 rings (SSSR count). The fraction of sp³-hybridized carbons (Fsp3) is 1.00. The van der Waals surface area contributed by atoms with Gasteiger partial charge < -0.3 is 10.1 Å². The highest BCUT2D eigenvalue weighted by molar-refractivity contribution is 4.87. The lowest BCUT2D eigenvalue weighted by Gasteiger charge is -2.29. The highest BCUT2D eigenvalue weighted by Crippen LogP contribution is 2.28. The zero-order chi connectivity index (χ0) is 13.2. The van der Waals surface area contributed by atoms with E-state index < -0.39 is 0 Å². The van der Waals surface area contributed by atoms with Gasteiger partial charge in [-0.05, 0) is 52.6 Å². The number of nitrogens with zero attached hydrogens (tertiary/aromatic N) is 1. The molecule has 0 saturated heterocycles. The fourth-order valence-electron chi connectivity index (χ4n) is 2.38. The summed E-state index contributed by atoms with van der Waals surface area (Å²) < 4.78 is 5.34. The Morgan fingerprint density at radius 3 is 2.67 bits per heavy atom. The van der Waals surface area contributed by atoms with Crippen molar-refractivity contribution in [2.45, 2.75) is 65.0 Å². The van der Waals surface area contributed by atoms with E-state index in [1.807, 2.05) is 0 Å². The zero-order valence-corrected chi connectivity index (χ0v) is 12.6. The average Bonchev–Trinajstić information content (AvgIpc) is 3.18. The van der Waals surface area contributed by atoms with Crippen LogP contribution in [0.1, 0.15) is 52.9 Å². The van der Waals surface area contributed by atoms with Gasteiger partial charge in [-0.25, -0.2) is 0 Å². The van der Waals surface area contributed by atoms with Gasteiger partial charge in [-0.1, -0.05) is 13.3 Å². The molecule has 1 saturated carbocycles. The lowest BCUT2D eigenvalue weighted by atomic mass is 10.2. The lowest BCUT2D eigenvalue weighted by molar-refractivity contribution is 0.143. The molecule has 3 nitrogen and oxygen atoms in total. The predicted molar refractivity (Wildman–Crippen MR) is 78.1 cm³/mol. The number of hydrogen-bond acceptors (Lipinski definition) is 3. The highest BCUT2D eigenvalue weighted by Gasteiger charge is 2.31. The molecular formula is C15H32N2O. The van der Waals surface area contributed by atoms with E-state index in [-0.39, 0.29) is 0 Å². The van der Waals surface area contributed by atoms with Crippen LogP contribution in [-0.4, -0.2) is 49.8 Å². The topological polar surface area (TPSA) is 24.5 Å². The normalized spacial score (nSPS) is 17.3. The summed E-state index contributed by atoms with van der Waals surface area (Å²) in [6.07, 6.45) is 6.60. The summed E-state index contributed by atoms with van der Waals surface area (Å²) >= 11 is 0. The van der Waals surface area contributed by atoms with E-state index in [4.69, 9.17) is 4.74 Å². The molecule has 18 heavy (non-hydrogen) atoms. The molecule has 3 heteroatoms. The highest BCUT2D eigenvalue weighted by atomic mass is 16.5. The first-order chi connectivity index (χ1) is 8.79. The van der Waals surface area contributed by atoms with Gasteiger partial charge in [-0.3, -0.25) is 4.90 Å². The molecule has 1 atom stereocenters. The van der Waals surface area contributed by atoms with Crippen LogP contribution in [0.15, 0.2) is 0 Å². The van der Waals surface area contributed by atoms with Crippen LogP contribution >= 0.6 is 0 Å².